The molecule has 9 heteroatoms. The van der Waals surface area contributed by atoms with Crippen LogP contribution < -0.4 is 5.32 Å². The van der Waals surface area contributed by atoms with E-state index in [1.54, 1.807) is 0 Å². The monoisotopic (exact) mass is 273 g/mol. The summed E-state index contributed by atoms with van der Waals surface area (Å²) in [5, 5.41) is 1.99. The van der Waals surface area contributed by atoms with Crippen LogP contribution in [0.5, 0.6) is 0 Å². The first-order chi connectivity index (χ1) is 8.21. The molecular formula is C9H9F6N3. The van der Waals surface area contributed by atoms with Crippen LogP contribution in [0.4, 0.5) is 26.3 Å². The molecule has 0 atom stereocenters. The van der Waals surface area contributed by atoms with Crippen LogP contribution in [0.3, 0.4) is 0 Å². The van der Waals surface area contributed by atoms with Gasteiger partial charge in [-0.05, 0) is 0 Å². The highest BCUT2D eigenvalue weighted by Gasteiger charge is 2.48. The summed E-state index contributed by atoms with van der Waals surface area (Å²) >= 11 is 0. The molecule has 0 aromatic carbocycles. The molecule has 0 fully saturated rings. The zero-order chi connectivity index (χ0) is 13.6. The molecule has 0 radical (unpaired) electrons. The first-order valence-corrected chi connectivity index (χ1v) is 5.13. The van der Waals surface area contributed by atoms with Gasteiger partial charge in [-0.25, -0.2) is 0 Å². The van der Waals surface area contributed by atoms with Crippen LogP contribution >= 0.6 is 0 Å². The second-order valence-corrected chi connectivity index (χ2v) is 3.86. The first-order valence-electron chi connectivity index (χ1n) is 5.13. The predicted molar refractivity (Wildman–Crippen MR) is 51.0 cm³/mol. The van der Waals surface area contributed by atoms with Crippen molar-refractivity contribution in [1.82, 2.24) is 10.2 Å². The van der Waals surface area contributed by atoms with Gasteiger partial charge in [-0.3, -0.25) is 4.99 Å². The Hall–Kier alpha value is -1.41. The first kappa shape index (κ1) is 13.0. The van der Waals surface area contributed by atoms with Crippen molar-refractivity contribution in [3.8, 4) is 0 Å². The number of nitrogens with zero attached hydrogens (tertiary/aromatic N) is 2. The van der Waals surface area contributed by atoms with Crippen LogP contribution in [-0.4, -0.2) is 49.1 Å². The van der Waals surface area contributed by atoms with E-state index in [1.807, 2.05) is 5.32 Å². The van der Waals surface area contributed by atoms with Gasteiger partial charge >= 0.3 is 12.4 Å². The highest BCUT2D eigenvalue weighted by molar-refractivity contribution is 6.05. The standard InChI is InChI=1S/C9H9F6N3/c10-8(11,12)6-5-7(9(13,14)15)17-2-4-18(5)3-1-16-6/h16H,1-4H2. The van der Waals surface area contributed by atoms with Crippen molar-refractivity contribution in [2.75, 3.05) is 26.2 Å². The number of fused-ring (bicyclic) bond motifs is 1. The molecule has 102 valence electrons. The minimum absolute atomic E-state index is 0.0382. The van der Waals surface area contributed by atoms with Gasteiger partial charge in [0.15, 0.2) is 5.71 Å². The SMILES string of the molecule is FC(F)(F)C1=NCCN2CCNC(C(F)(F)F)=C12. The fourth-order valence-electron chi connectivity index (χ4n) is 1.98. The average molecular weight is 273 g/mol. The van der Waals surface area contributed by atoms with Crippen molar-refractivity contribution in [3.63, 3.8) is 0 Å². The molecule has 0 saturated heterocycles. The zero-order valence-electron chi connectivity index (χ0n) is 8.99. The molecule has 0 aromatic heterocycles. The van der Waals surface area contributed by atoms with Gasteiger partial charge in [0.1, 0.15) is 5.70 Å². The normalized spacial score (nSPS) is 21.4. The Kier molecular flexibility index (Phi) is 2.94. The third kappa shape index (κ3) is 2.25. The minimum Gasteiger partial charge on any atom is -0.378 e. The number of rotatable bonds is 0. The molecular weight excluding hydrogens is 264 g/mol. The van der Waals surface area contributed by atoms with Crippen LogP contribution in [0.15, 0.2) is 16.4 Å². The molecule has 0 bridgehead atoms. The van der Waals surface area contributed by atoms with Crippen molar-refractivity contribution in [2.45, 2.75) is 12.4 Å². The fraction of sp³-hybridized carbons (Fsp3) is 0.667. The van der Waals surface area contributed by atoms with Crippen LogP contribution in [0.1, 0.15) is 0 Å². The van der Waals surface area contributed by atoms with Gasteiger partial charge in [0.05, 0.1) is 12.2 Å². The van der Waals surface area contributed by atoms with E-state index in [4.69, 9.17) is 0 Å². The zero-order valence-corrected chi connectivity index (χ0v) is 8.99. The van der Waals surface area contributed by atoms with Gasteiger partial charge in [0.25, 0.3) is 0 Å². The Morgan fingerprint density at radius 1 is 1.00 bits per heavy atom. The van der Waals surface area contributed by atoms with Gasteiger partial charge in [-0.15, -0.1) is 0 Å². The minimum atomic E-state index is -4.89. The summed E-state index contributed by atoms with van der Waals surface area (Å²) in [6.45, 7) is -0.0207. The number of nitrogens with one attached hydrogen (secondary N) is 1. The molecule has 0 aliphatic carbocycles. The van der Waals surface area contributed by atoms with E-state index in [-0.39, 0.29) is 26.2 Å². The Labute approximate surface area is 98.2 Å². The van der Waals surface area contributed by atoms with Gasteiger partial charge in [0, 0.05) is 19.6 Å². The second kappa shape index (κ2) is 4.06. The number of allylic oxidation sites excluding steroid dienone is 2. The van der Waals surface area contributed by atoms with Crippen molar-refractivity contribution < 1.29 is 26.3 Å². The molecule has 0 spiro atoms. The van der Waals surface area contributed by atoms with E-state index in [2.05, 4.69) is 4.99 Å². The number of hydrogen-bond donors (Lipinski definition) is 1. The molecule has 0 aromatic rings. The second-order valence-electron chi connectivity index (χ2n) is 3.86. The molecule has 0 unspecified atom stereocenters. The molecule has 2 aliphatic rings. The summed E-state index contributed by atoms with van der Waals surface area (Å²) in [5.74, 6) is 0. The molecule has 3 nitrogen and oxygen atoms in total. The van der Waals surface area contributed by atoms with Crippen LogP contribution in [0.2, 0.25) is 0 Å². The van der Waals surface area contributed by atoms with Gasteiger partial charge in [0.2, 0.25) is 0 Å². The third-order valence-electron chi connectivity index (χ3n) is 2.65. The lowest BCUT2D eigenvalue weighted by Gasteiger charge is -2.38. The lowest BCUT2D eigenvalue weighted by atomic mass is 10.1. The lowest BCUT2D eigenvalue weighted by Crippen LogP contribution is -2.51. The molecule has 0 amide bonds. The van der Waals surface area contributed by atoms with Gasteiger partial charge in [-0.2, -0.15) is 26.3 Å². The van der Waals surface area contributed by atoms with E-state index in [9.17, 15) is 26.3 Å². The third-order valence-corrected chi connectivity index (χ3v) is 2.65. The van der Waals surface area contributed by atoms with E-state index in [0.717, 1.165) is 4.90 Å². The summed E-state index contributed by atoms with van der Waals surface area (Å²) in [6, 6.07) is 0. The highest BCUT2D eigenvalue weighted by Crippen LogP contribution is 2.35. The van der Waals surface area contributed by atoms with Crippen molar-refractivity contribution in [1.29, 1.82) is 0 Å². The fourth-order valence-corrected chi connectivity index (χ4v) is 1.98. The largest absolute Gasteiger partial charge is 0.435 e. The maximum absolute atomic E-state index is 12.7. The maximum Gasteiger partial charge on any atom is 0.435 e. The van der Waals surface area contributed by atoms with E-state index < -0.39 is 29.5 Å². The number of halogens is 6. The summed E-state index contributed by atoms with van der Waals surface area (Å²) in [5.41, 5.74) is -3.69. The molecule has 18 heavy (non-hydrogen) atoms. The average Bonchev–Trinajstić information content (AvgIpc) is 2.24. The Morgan fingerprint density at radius 3 is 2.22 bits per heavy atom. The van der Waals surface area contributed by atoms with Crippen LogP contribution in [0.25, 0.3) is 0 Å². The summed E-state index contributed by atoms with van der Waals surface area (Å²) in [7, 11) is 0. The summed E-state index contributed by atoms with van der Waals surface area (Å²) in [6.07, 6.45) is -9.74. The van der Waals surface area contributed by atoms with E-state index in [0.29, 0.717) is 0 Å². The Morgan fingerprint density at radius 2 is 1.67 bits per heavy atom. The number of hydrogen-bond acceptors (Lipinski definition) is 3. The number of alkyl halides is 6. The Bertz CT molecular complexity index is 406. The molecule has 0 saturated carbocycles. The number of aliphatic imine (C=N–C) groups is 1. The lowest BCUT2D eigenvalue weighted by molar-refractivity contribution is -0.101. The van der Waals surface area contributed by atoms with Crippen molar-refractivity contribution in [2.24, 2.45) is 4.99 Å². The van der Waals surface area contributed by atoms with Crippen molar-refractivity contribution in [3.05, 3.63) is 11.4 Å². The maximum atomic E-state index is 12.7. The highest BCUT2D eigenvalue weighted by atomic mass is 19.4. The molecule has 2 heterocycles. The van der Waals surface area contributed by atoms with Crippen LogP contribution in [0, 0.1) is 0 Å². The van der Waals surface area contributed by atoms with Gasteiger partial charge in [-0.1, -0.05) is 0 Å². The van der Waals surface area contributed by atoms with Crippen LogP contribution in [-0.2, 0) is 0 Å². The van der Waals surface area contributed by atoms with E-state index in [1.165, 1.54) is 0 Å². The predicted octanol–water partition coefficient (Wildman–Crippen LogP) is 1.68. The molecule has 2 aliphatic heterocycles. The Balaban J connectivity index is 2.55. The molecule has 2 rings (SSSR count). The summed E-state index contributed by atoms with van der Waals surface area (Å²) in [4.78, 5) is 4.28. The summed E-state index contributed by atoms with van der Waals surface area (Å²) < 4.78 is 76.2. The molecule has 1 N–H and O–H groups in total. The van der Waals surface area contributed by atoms with Crippen molar-refractivity contribution >= 4 is 5.71 Å². The topological polar surface area (TPSA) is 27.6 Å². The van der Waals surface area contributed by atoms with E-state index >= 15 is 0 Å². The van der Waals surface area contributed by atoms with Gasteiger partial charge < -0.3 is 10.2 Å². The quantitative estimate of drug-likeness (QED) is 0.680. The smallest absolute Gasteiger partial charge is 0.378 e.